The van der Waals surface area contributed by atoms with E-state index in [1.165, 1.54) is 25.3 Å². The largest absolute Gasteiger partial charge is 0.465 e. The van der Waals surface area contributed by atoms with Crippen molar-refractivity contribution in [2.45, 2.75) is 17.7 Å². The molecule has 0 aliphatic rings. The van der Waals surface area contributed by atoms with Crippen LogP contribution in [0, 0.1) is 0 Å². The summed E-state index contributed by atoms with van der Waals surface area (Å²) in [4.78, 5) is 11.4. The van der Waals surface area contributed by atoms with Crippen LogP contribution in [0.5, 0.6) is 0 Å². The maximum absolute atomic E-state index is 12.0. The minimum absolute atomic E-state index is 0. The summed E-state index contributed by atoms with van der Waals surface area (Å²) in [5, 5.41) is 0.0293. The molecule has 3 N–H and O–H groups in total. The minimum atomic E-state index is -3.64. The number of nitrogens with one attached hydrogen (secondary N) is 1. The van der Waals surface area contributed by atoms with E-state index in [1.807, 2.05) is 0 Å². The normalized spacial score (nSPS) is 10.8. The smallest absolute Gasteiger partial charge is 0.339 e. The number of ether oxygens (including phenoxy) is 1. The van der Waals surface area contributed by atoms with Crippen molar-refractivity contribution in [1.29, 1.82) is 0 Å². The standard InChI is InChI=1S/C12H17ClN2O4S.ClH/c1-19-12(16)10-5-4-9(8-11(10)13)20(17,18)15-7-3-2-6-14;/h4-5,8,15H,2-3,6-7,14H2,1H3;1H. The first-order valence-electron chi connectivity index (χ1n) is 6.00. The van der Waals surface area contributed by atoms with Crippen LogP contribution in [0.25, 0.3) is 0 Å². The number of methoxy groups -OCH3 is 1. The number of hydrogen-bond donors (Lipinski definition) is 2. The molecule has 120 valence electrons. The van der Waals surface area contributed by atoms with E-state index in [0.29, 0.717) is 19.5 Å². The van der Waals surface area contributed by atoms with Crippen LogP contribution in [0.3, 0.4) is 0 Å². The van der Waals surface area contributed by atoms with Crippen molar-refractivity contribution in [2.24, 2.45) is 5.73 Å². The van der Waals surface area contributed by atoms with E-state index in [0.717, 1.165) is 6.42 Å². The fourth-order valence-corrected chi connectivity index (χ4v) is 2.92. The van der Waals surface area contributed by atoms with Gasteiger partial charge in [-0.15, -0.1) is 12.4 Å². The Morgan fingerprint density at radius 3 is 2.57 bits per heavy atom. The van der Waals surface area contributed by atoms with Gasteiger partial charge in [0.05, 0.1) is 22.6 Å². The molecule has 0 heterocycles. The van der Waals surface area contributed by atoms with Crippen LogP contribution < -0.4 is 10.5 Å². The van der Waals surface area contributed by atoms with Gasteiger partial charge in [-0.25, -0.2) is 17.9 Å². The van der Waals surface area contributed by atoms with Gasteiger partial charge in [0.1, 0.15) is 0 Å². The molecule has 6 nitrogen and oxygen atoms in total. The quantitative estimate of drug-likeness (QED) is 0.570. The van der Waals surface area contributed by atoms with E-state index in [2.05, 4.69) is 9.46 Å². The van der Waals surface area contributed by atoms with E-state index >= 15 is 0 Å². The number of hydrogen-bond acceptors (Lipinski definition) is 5. The number of unbranched alkanes of at least 4 members (excludes halogenated alkanes) is 1. The Kier molecular flexibility index (Phi) is 8.84. The van der Waals surface area contributed by atoms with Gasteiger partial charge in [0.2, 0.25) is 10.0 Å². The van der Waals surface area contributed by atoms with E-state index in [9.17, 15) is 13.2 Å². The first-order chi connectivity index (χ1) is 9.42. The zero-order valence-electron chi connectivity index (χ0n) is 11.5. The average molecular weight is 357 g/mol. The molecule has 0 spiro atoms. The first-order valence-corrected chi connectivity index (χ1v) is 7.86. The lowest BCUT2D eigenvalue weighted by Crippen LogP contribution is -2.25. The molecule has 0 aromatic heterocycles. The number of sulfonamides is 1. The SMILES string of the molecule is COC(=O)c1ccc(S(=O)(=O)NCCCCN)cc1Cl.Cl. The maximum atomic E-state index is 12.0. The summed E-state index contributed by atoms with van der Waals surface area (Å²) < 4.78 is 30.9. The fourth-order valence-electron chi connectivity index (χ4n) is 1.50. The molecule has 1 rings (SSSR count). The average Bonchev–Trinajstić information content (AvgIpc) is 2.42. The summed E-state index contributed by atoms with van der Waals surface area (Å²) in [6, 6.07) is 3.85. The third-order valence-electron chi connectivity index (χ3n) is 2.58. The summed E-state index contributed by atoms with van der Waals surface area (Å²) in [6.45, 7) is 0.817. The lowest BCUT2D eigenvalue weighted by atomic mass is 10.2. The molecule has 0 fully saturated rings. The third kappa shape index (κ3) is 5.80. The molecule has 1 aromatic carbocycles. The van der Waals surface area contributed by atoms with Gasteiger partial charge >= 0.3 is 5.97 Å². The van der Waals surface area contributed by atoms with Crippen molar-refractivity contribution in [1.82, 2.24) is 4.72 Å². The minimum Gasteiger partial charge on any atom is -0.465 e. The van der Waals surface area contributed by atoms with Gasteiger partial charge in [-0.2, -0.15) is 0 Å². The molecule has 0 atom stereocenters. The van der Waals surface area contributed by atoms with Crippen LogP contribution in [0.2, 0.25) is 5.02 Å². The molecular formula is C12H18Cl2N2O4S. The Bertz CT molecular complexity index is 579. The highest BCUT2D eigenvalue weighted by Gasteiger charge is 2.17. The van der Waals surface area contributed by atoms with E-state index in [4.69, 9.17) is 17.3 Å². The van der Waals surface area contributed by atoms with Crippen LogP contribution >= 0.6 is 24.0 Å². The molecule has 0 aliphatic heterocycles. The summed E-state index contributed by atoms with van der Waals surface area (Å²) in [6.07, 6.45) is 1.40. The molecule has 0 saturated heterocycles. The topological polar surface area (TPSA) is 98.5 Å². The van der Waals surface area contributed by atoms with Crippen molar-refractivity contribution >= 4 is 40.0 Å². The van der Waals surface area contributed by atoms with E-state index < -0.39 is 16.0 Å². The van der Waals surface area contributed by atoms with Crippen LogP contribution in [-0.4, -0.2) is 34.6 Å². The Labute approximate surface area is 135 Å². The fraction of sp³-hybridized carbons (Fsp3) is 0.417. The predicted molar refractivity (Wildman–Crippen MR) is 83.5 cm³/mol. The second kappa shape index (κ2) is 9.22. The number of halogens is 2. The Morgan fingerprint density at radius 1 is 1.38 bits per heavy atom. The van der Waals surface area contributed by atoms with Gasteiger partial charge < -0.3 is 10.5 Å². The van der Waals surface area contributed by atoms with Gasteiger partial charge in [-0.1, -0.05) is 11.6 Å². The Morgan fingerprint density at radius 2 is 2.05 bits per heavy atom. The highest BCUT2D eigenvalue weighted by Crippen LogP contribution is 2.21. The number of carbonyl (C=O) groups excluding carboxylic acids is 1. The van der Waals surface area contributed by atoms with Crippen molar-refractivity contribution in [3.05, 3.63) is 28.8 Å². The first kappa shape index (κ1) is 20.1. The highest BCUT2D eigenvalue weighted by molar-refractivity contribution is 7.89. The summed E-state index contributed by atoms with van der Waals surface area (Å²) in [7, 11) is -2.42. The second-order valence-corrected chi connectivity index (χ2v) is 6.20. The van der Waals surface area contributed by atoms with Crippen molar-refractivity contribution in [2.75, 3.05) is 20.2 Å². The van der Waals surface area contributed by atoms with Crippen molar-refractivity contribution < 1.29 is 17.9 Å². The van der Waals surface area contributed by atoms with Gasteiger partial charge in [0.15, 0.2) is 0 Å². The number of nitrogens with two attached hydrogens (primary N) is 1. The number of esters is 1. The molecular weight excluding hydrogens is 339 g/mol. The molecule has 9 heteroatoms. The number of benzene rings is 1. The summed E-state index contributed by atoms with van der Waals surface area (Å²) >= 11 is 5.88. The Hall–Kier alpha value is -0.860. The molecule has 21 heavy (non-hydrogen) atoms. The predicted octanol–water partition coefficient (Wildman–Crippen LogP) is 1.57. The number of rotatable bonds is 7. The lowest BCUT2D eigenvalue weighted by molar-refractivity contribution is 0.0601. The van der Waals surface area contributed by atoms with Crippen molar-refractivity contribution in [3.63, 3.8) is 0 Å². The number of carbonyl (C=O) groups is 1. The molecule has 0 amide bonds. The summed E-state index contributed by atoms with van der Waals surface area (Å²) in [5.41, 5.74) is 5.45. The molecule has 0 radical (unpaired) electrons. The van der Waals surface area contributed by atoms with Crippen molar-refractivity contribution in [3.8, 4) is 0 Å². The molecule has 0 unspecified atom stereocenters. The second-order valence-electron chi connectivity index (χ2n) is 4.03. The zero-order valence-corrected chi connectivity index (χ0v) is 13.9. The maximum Gasteiger partial charge on any atom is 0.339 e. The van der Waals surface area contributed by atoms with Crippen LogP contribution in [0.15, 0.2) is 23.1 Å². The third-order valence-corrected chi connectivity index (χ3v) is 4.35. The zero-order chi connectivity index (χ0) is 15.2. The van der Waals surface area contributed by atoms with Crippen LogP contribution in [-0.2, 0) is 14.8 Å². The molecule has 0 saturated carbocycles. The van der Waals surface area contributed by atoms with Crippen LogP contribution in [0.4, 0.5) is 0 Å². The van der Waals surface area contributed by atoms with Gasteiger partial charge in [-0.05, 0) is 37.6 Å². The van der Waals surface area contributed by atoms with Gasteiger partial charge in [-0.3, -0.25) is 0 Å². The molecule has 0 bridgehead atoms. The Balaban J connectivity index is 0.00000400. The molecule has 0 aliphatic carbocycles. The molecule has 1 aromatic rings. The summed E-state index contributed by atoms with van der Waals surface area (Å²) in [5.74, 6) is -0.616. The van der Waals surface area contributed by atoms with E-state index in [-0.39, 0.29) is 27.9 Å². The lowest BCUT2D eigenvalue weighted by Gasteiger charge is -2.08. The van der Waals surface area contributed by atoms with Gasteiger partial charge in [0, 0.05) is 6.54 Å². The monoisotopic (exact) mass is 356 g/mol. The van der Waals surface area contributed by atoms with Crippen LogP contribution in [0.1, 0.15) is 23.2 Å². The van der Waals surface area contributed by atoms with Gasteiger partial charge in [0.25, 0.3) is 0 Å². The van der Waals surface area contributed by atoms with E-state index in [1.54, 1.807) is 0 Å². The highest BCUT2D eigenvalue weighted by atomic mass is 35.5.